The smallest absolute Gasteiger partial charge is 0.416 e. The second kappa shape index (κ2) is 8.94. The van der Waals surface area contributed by atoms with Crippen molar-refractivity contribution < 1.29 is 22.6 Å². The first-order valence-corrected chi connectivity index (χ1v) is 8.18. The lowest BCUT2D eigenvalue weighted by atomic mass is 10.1. The van der Waals surface area contributed by atoms with Crippen molar-refractivity contribution in [2.45, 2.75) is 12.6 Å². The van der Waals surface area contributed by atoms with E-state index in [0.29, 0.717) is 12.5 Å². The molecule has 2 rings (SSSR count). The lowest BCUT2D eigenvalue weighted by molar-refractivity contribution is -0.137. The maximum Gasteiger partial charge on any atom is 0.416 e. The van der Waals surface area contributed by atoms with Crippen LogP contribution in [0.25, 0.3) is 0 Å². The molecule has 5 nitrogen and oxygen atoms in total. The SMILES string of the molecule is CN=C(NCCOc1cccc(C(F)(F)F)c1)N1CCC(COC)C1. The van der Waals surface area contributed by atoms with E-state index in [1.807, 2.05) is 0 Å². The van der Waals surface area contributed by atoms with Crippen molar-refractivity contribution in [3.63, 3.8) is 0 Å². The van der Waals surface area contributed by atoms with Gasteiger partial charge >= 0.3 is 6.18 Å². The number of hydrogen-bond acceptors (Lipinski definition) is 3. The molecule has 0 saturated carbocycles. The van der Waals surface area contributed by atoms with Crippen LogP contribution in [0.4, 0.5) is 13.2 Å². The Morgan fingerprint density at radius 2 is 2.20 bits per heavy atom. The lowest BCUT2D eigenvalue weighted by Gasteiger charge is -2.21. The topological polar surface area (TPSA) is 46.1 Å². The highest BCUT2D eigenvalue weighted by molar-refractivity contribution is 5.80. The molecular weight excluding hydrogens is 335 g/mol. The van der Waals surface area contributed by atoms with Gasteiger partial charge in [-0.05, 0) is 24.6 Å². The van der Waals surface area contributed by atoms with E-state index >= 15 is 0 Å². The summed E-state index contributed by atoms with van der Waals surface area (Å²) in [4.78, 5) is 6.39. The molecule has 1 atom stereocenters. The standard InChI is InChI=1S/C17H24F3N3O2/c1-21-16(23-8-6-13(11-23)12-24-2)22-7-9-25-15-5-3-4-14(10-15)17(18,19)20/h3-5,10,13H,6-9,11-12H2,1-2H3,(H,21,22). The molecular formula is C17H24F3N3O2. The van der Waals surface area contributed by atoms with Crippen molar-refractivity contribution in [2.24, 2.45) is 10.9 Å². The molecule has 0 aliphatic carbocycles. The summed E-state index contributed by atoms with van der Waals surface area (Å²) in [6.45, 7) is 3.21. The maximum absolute atomic E-state index is 12.7. The van der Waals surface area contributed by atoms with E-state index in [0.717, 1.165) is 44.2 Å². The summed E-state index contributed by atoms with van der Waals surface area (Å²) in [6, 6.07) is 4.88. The van der Waals surface area contributed by atoms with Gasteiger partial charge in [-0.3, -0.25) is 4.99 Å². The van der Waals surface area contributed by atoms with Gasteiger partial charge in [0.15, 0.2) is 5.96 Å². The molecule has 1 aromatic carbocycles. The van der Waals surface area contributed by atoms with Crippen LogP contribution in [-0.4, -0.2) is 57.9 Å². The van der Waals surface area contributed by atoms with Crippen LogP contribution < -0.4 is 10.1 Å². The highest BCUT2D eigenvalue weighted by atomic mass is 19.4. The number of aliphatic imine (C=N–C) groups is 1. The Labute approximate surface area is 145 Å². The average molecular weight is 359 g/mol. The van der Waals surface area contributed by atoms with Crippen LogP contribution in [0.3, 0.4) is 0 Å². The number of methoxy groups -OCH3 is 1. The van der Waals surface area contributed by atoms with Gasteiger partial charge in [0.1, 0.15) is 12.4 Å². The Morgan fingerprint density at radius 3 is 2.88 bits per heavy atom. The molecule has 1 fully saturated rings. The average Bonchev–Trinajstić information content (AvgIpc) is 3.03. The third-order valence-corrected chi connectivity index (χ3v) is 4.01. The van der Waals surface area contributed by atoms with Gasteiger partial charge in [0, 0.05) is 33.2 Å². The Bertz CT molecular complexity index is 579. The highest BCUT2D eigenvalue weighted by Crippen LogP contribution is 2.31. The van der Waals surface area contributed by atoms with Crippen molar-refractivity contribution in [1.29, 1.82) is 0 Å². The van der Waals surface area contributed by atoms with Gasteiger partial charge in [-0.2, -0.15) is 13.2 Å². The summed E-state index contributed by atoms with van der Waals surface area (Å²) >= 11 is 0. The van der Waals surface area contributed by atoms with Gasteiger partial charge in [0.05, 0.1) is 18.7 Å². The van der Waals surface area contributed by atoms with Crippen LogP contribution in [-0.2, 0) is 10.9 Å². The number of benzene rings is 1. The normalized spacial score (nSPS) is 18.5. The van der Waals surface area contributed by atoms with Gasteiger partial charge in [-0.1, -0.05) is 6.07 Å². The molecule has 0 bridgehead atoms. The van der Waals surface area contributed by atoms with Crippen molar-refractivity contribution in [3.05, 3.63) is 29.8 Å². The predicted octanol–water partition coefficient (Wildman–Crippen LogP) is 2.63. The fourth-order valence-electron chi connectivity index (χ4n) is 2.82. The van der Waals surface area contributed by atoms with Crippen LogP contribution in [0.2, 0.25) is 0 Å². The first kappa shape index (κ1) is 19.4. The number of alkyl halides is 3. The quantitative estimate of drug-likeness (QED) is 0.482. The maximum atomic E-state index is 12.7. The zero-order chi connectivity index (χ0) is 18.3. The summed E-state index contributed by atoms with van der Waals surface area (Å²) in [7, 11) is 3.40. The van der Waals surface area contributed by atoms with Crippen LogP contribution in [0.15, 0.2) is 29.3 Å². The van der Waals surface area contributed by atoms with Gasteiger partial charge < -0.3 is 19.7 Å². The number of likely N-dealkylation sites (tertiary alicyclic amines) is 1. The van der Waals surface area contributed by atoms with E-state index in [-0.39, 0.29) is 12.4 Å². The first-order valence-electron chi connectivity index (χ1n) is 8.18. The van der Waals surface area contributed by atoms with Gasteiger partial charge in [-0.25, -0.2) is 0 Å². The summed E-state index contributed by atoms with van der Waals surface area (Å²) in [5.41, 5.74) is -0.713. The minimum Gasteiger partial charge on any atom is -0.492 e. The number of nitrogens with zero attached hydrogens (tertiary/aromatic N) is 2. The van der Waals surface area contributed by atoms with E-state index in [1.165, 1.54) is 12.1 Å². The molecule has 1 saturated heterocycles. The van der Waals surface area contributed by atoms with Crippen molar-refractivity contribution in [3.8, 4) is 5.75 Å². The Kier molecular flexibility index (Phi) is 6.92. The fourth-order valence-corrected chi connectivity index (χ4v) is 2.82. The third-order valence-electron chi connectivity index (χ3n) is 4.01. The molecule has 1 aromatic rings. The Morgan fingerprint density at radius 1 is 1.40 bits per heavy atom. The van der Waals surface area contributed by atoms with Crippen LogP contribution in [0.1, 0.15) is 12.0 Å². The van der Waals surface area contributed by atoms with E-state index < -0.39 is 11.7 Å². The molecule has 1 unspecified atom stereocenters. The van der Waals surface area contributed by atoms with Crippen molar-refractivity contribution in [2.75, 3.05) is 47.0 Å². The second-order valence-electron chi connectivity index (χ2n) is 5.90. The Hall–Kier alpha value is -1.96. The van der Waals surface area contributed by atoms with Crippen molar-refractivity contribution >= 4 is 5.96 Å². The molecule has 0 amide bonds. The minimum atomic E-state index is -4.37. The van der Waals surface area contributed by atoms with Gasteiger partial charge in [0.25, 0.3) is 0 Å². The summed E-state index contributed by atoms with van der Waals surface area (Å²) in [5, 5.41) is 3.18. The van der Waals surface area contributed by atoms with Gasteiger partial charge in [-0.15, -0.1) is 0 Å². The number of nitrogens with one attached hydrogen (secondary N) is 1. The molecule has 0 spiro atoms. The third kappa shape index (κ3) is 5.81. The number of halogens is 3. The highest BCUT2D eigenvalue weighted by Gasteiger charge is 2.30. The number of ether oxygens (including phenoxy) is 2. The molecule has 1 aliphatic heterocycles. The number of rotatable bonds is 6. The summed E-state index contributed by atoms with van der Waals surface area (Å²) < 4.78 is 48.6. The molecule has 140 valence electrons. The monoisotopic (exact) mass is 359 g/mol. The molecule has 25 heavy (non-hydrogen) atoms. The zero-order valence-electron chi connectivity index (χ0n) is 14.5. The summed E-state index contributed by atoms with van der Waals surface area (Å²) in [6.07, 6.45) is -3.32. The zero-order valence-corrected chi connectivity index (χ0v) is 14.5. The molecule has 0 radical (unpaired) electrons. The first-order chi connectivity index (χ1) is 11.9. The molecule has 1 N–H and O–H groups in total. The number of hydrogen-bond donors (Lipinski definition) is 1. The molecule has 1 heterocycles. The largest absolute Gasteiger partial charge is 0.492 e. The van der Waals surface area contributed by atoms with Crippen LogP contribution in [0.5, 0.6) is 5.75 Å². The Balaban J connectivity index is 1.77. The molecule has 1 aliphatic rings. The van der Waals surface area contributed by atoms with E-state index in [9.17, 15) is 13.2 Å². The minimum absolute atomic E-state index is 0.202. The van der Waals surface area contributed by atoms with Crippen LogP contribution in [0, 0.1) is 5.92 Å². The van der Waals surface area contributed by atoms with Gasteiger partial charge in [0.2, 0.25) is 0 Å². The van der Waals surface area contributed by atoms with Crippen molar-refractivity contribution in [1.82, 2.24) is 10.2 Å². The van der Waals surface area contributed by atoms with E-state index in [2.05, 4.69) is 15.2 Å². The summed E-state index contributed by atoms with van der Waals surface area (Å²) in [5.74, 6) is 1.46. The fraction of sp³-hybridized carbons (Fsp3) is 0.588. The van der Waals surface area contributed by atoms with E-state index in [4.69, 9.17) is 9.47 Å². The van der Waals surface area contributed by atoms with E-state index in [1.54, 1.807) is 14.2 Å². The molecule has 0 aromatic heterocycles. The van der Waals surface area contributed by atoms with Crippen LogP contribution >= 0.6 is 0 Å². The molecule has 8 heteroatoms. The lowest BCUT2D eigenvalue weighted by Crippen LogP contribution is -2.41. The second-order valence-corrected chi connectivity index (χ2v) is 5.90. The predicted molar refractivity (Wildman–Crippen MR) is 89.9 cm³/mol. The number of guanidine groups is 1.